The molecule has 9 heteroatoms. The summed E-state index contributed by atoms with van der Waals surface area (Å²) in [5.41, 5.74) is -1.33. The molecule has 0 radical (unpaired) electrons. The van der Waals surface area contributed by atoms with Gasteiger partial charge in [0.15, 0.2) is 0 Å². The van der Waals surface area contributed by atoms with E-state index in [1.165, 1.54) is 25.6 Å². The minimum Gasteiger partial charge on any atom is -0.506 e. The summed E-state index contributed by atoms with van der Waals surface area (Å²) >= 11 is 0. The normalized spacial score (nSPS) is 26.8. The Hall–Kier alpha value is -2.23. The fourth-order valence-electron chi connectivity index (χ4n) is 4.11. The van der Waals surface area contributed by atoms with E-state index in [-0.39, 0.29) is 24.2 Å². The van der Waals surface area contributed by atoms with Crippen molar-refractivity contribution in [2.24, 2.45) is 0 Å². The summed E-state index contributed by atoms with van der Waals surface area (Å²) < 4.78 is 10.8. The minimum atomic E-state index is -0.908. The average Bonchev–Trinajstić information content (AvgIpc) is 2.66. The lowest BCUT2D eigenvalue weighted by atomic mass is 9.73. The molecule has 0 saturated carbocycles. The highest BCUT2D eigenvalue weighted by Gasteiger charge is 2.54. The molecular formula is C19H27N3O6. The second kappa shape index (κ2) is 8.02. The zero-order valence-electron chi connectivity index (χ0n) is 16.2. The van der Waals surface area contributed by atoms with Gasteiger partial charge in [0.25, 0.3) is 5.91 Å². The second-order valence-corrected chi connectivity index (χ2v) is 7.69. The van der Waals surface area contributed by atoms with Gasteiger partial charge in [0.05, 0.1) is 22.9 Å². The topological polar surface area (TPSA) is 121 Å². The lowest BCUT2D eigenvalue weighted by Crippen LogP contribution is -2.69. The number of nitrogens with one attached hydrogen (secondary N) is 1. The first-order valence-electron chi connectivity index (χ1n) is 9.35. The highest BCUT2D eigenvalue weighted by Crippen LogP contribution is 2.40. The van der Waals surface area contributed by atoms with Crippen LogP contribution < -0.4 is 5.32 Å². The number of aliphatic hydroxyl groups excluding tert-OH is 1. The number of piperidine rings is 1. The average molecular weight is 393 g/mol. The molecule has 9 nitrogen and oxygen atoms in total. The van der Waals surface area contributed by atoms with E-state index in [0.717, 1.165) is 0 Å². The van der Waals surface area contributed by atoms with E-state index in [4.69, 9.17) is 9.47 Å². The number of aromatic hydroxyl groups is 1. The summed E-state index contributed by atoms with van der Waals surface area (Å²) in [7, 11) is 1.44. The summed E-state index contributed by atoms with van der Waals surface area (Å²) in [4.78, 5) is 30.1. The highest BCUT2D eigenvalue weighted by molar-refractivity contribution is 5.94. The molecule has 2 saturated heterocycles. The van der Waals surface area contributed by atoms with Crippen molar-refractivity contribution in [1.82, 2.24) is 15.2 Å². The number of hydrogen-bond acceptors (Lipinski definition) is 7. The molecule has 2 amide bonds. The van der Waals surface area contributed by atoms with E-state index in [2.05, 4.69) is 10.3 Å². The van der Waals surface area contributed by atoms with Crippen molar-refractivity contribution in [1.29, 1.82) is 0 Å². The quantitative estimate of drug-likeness (QED) is 0.662. The second-order valence-electron chi connectivity index (χ2n) is 7.69. The van der Waals surface area contributed by atoms with E-state index in [0.29, 0.717) is 44.5 Å². The molecule has 3 heterocycles. The summed E-state index contributed by atoms with van der Waals surface area (Å²) in [6.45, 7) is 2.94. The number of aromatic nitrogens is 1. The zero-order chi connectivity index (χ0) is 20.4. The van der Waals surface area contributed by atoms with Crippen LogP contribution in [0.3, 0.4) is 0 Å². The third kappa shape index (κ3) is 3.96. The van der Waals surface area contributed by atoms with Gasteiger partial charge in [-0.15, -0.1) is 0 Å². The monoisotopic (exact) mass is 393 g/mol. The van der Waals surface area contributed by atoms with Gasteiger partial charge < -0.3 is 29.9 Å². The number of methoxy groups -OCH3 is 1. The Morgan fingerprint density at radius 2 is 2.07 bits per heavy atom. The maximum absolute atomic E-state index is 12.7. The van der Waals surface area contributed by atoms with Gasteiger partial charge in [0, 0.05) is 33.0 Å². The smallest absolute Gasteiger partial charge is 0.255 e. The first-order valence-corrected chi connectivity index (χ1v) is 9.35. The number of nitrogens with zero attached hydrogens (tertiary/aromatic N) is 2. The van der Waals surface area contributed by atoms with Crippen molar-refractivity contribution in [3.8, 4) is 5.75 Å². The van der Waals surface area contributed by atoms with E-state index >= 15 is 0 Å². The van der Waals surface area contributed by atoms with Gasteiger partial charge in [0.2, 0.25) is 5.91 Å². The van der Waals surface area contributed by atoms with Crippen molar-refractivity contribution in [2.75, 3.05) is 33.4 Å². The number of rotatable bonds is 4. The molecule has 1 spiro atoms. The molecule has 3 rings (SSSR count). The molecule has 28 heavy (non-hydrogen) atoms. The Morgan fingerprint density at radius 3 is 2.71 bits per heavy atom. The number of carbonyl (C=O) groups excluding carboxylic acids is 2. The Morgan fingerprint density at radius 1 is 1.36 bits per heavy atom. The standard InChI is InChI=1S/C19H27N3O6/c1-18(21-15(24)12-27-2)5-8-28-19(17(18)26)3-6-22(7-4-19)16(25)13-9-14(23)11-20-10-13/h9-11,17,23,26H,3-8,12H2,1-2H3,(H,21,24)/t17-,18+/m0/s1. The van der Waals surface area contributed by atoms with Crippen molar-refractivity contribution in [3.63, 3.8) is 0 Å². The molecular weight excluding hydrogens is 366 g/mol. The summed E-state index contributed by atoms with van der Waals surface area (Å²) in [5.74, 6) is -0.572. The molecule has 0 bridgehead atoms. The predicted octanol–water partition coefficient (Wildman–Crippen LogP) is 0.0645. The lowest BCUT2D eigenvalue weighted by molar-refractivity contribution is -0.206. The maximum atomic E-state index is 12.7. The molecule has 1 aromatic heterocycles. The highest BCUT2D eigenvalue weighted by atomic mass is 16.5. The number of ether oxygens (including phenoxy) is 2. The fourth-order valence-corrected chi connectivity index (χ4v) is 4.11. The molecule has 3 N–H and O–H groups in total. The third-order valence-corrected chi connectivity index (χ3v) is 5.68. The van der Waals surface area contributed by atoms with Crippen molar-refractivity contribution in [3.05, 3.63) is 24.0 Å². The Bertz CT molecular complexity index is 734. The van der Waals surface area contributed by atoms with Crippen LogP contribution in [0.1, 0.15) is 36.5 Å². The fraction of sp³-hybridized carbons (Fsp3) is 0.632. The molecule has 1 aromatic rings. The lowest BCUT2D eigenvalue weighted by Gasteiger charge is -2.53. The minimum absolute atomic E-state index is 0.0621. The van der Waals surface area contributed by atoms with Crippen molar-refractivity contribution in [2.45, 2.75) is 43.4 Å². The van der Waals surface area contributed by atoms with Gasteiger partial charge >= 0.3 is 0 Å². The molecule has 2 fully saturated rings. The number of aliphatic hydroxyl groups is 1. The van der Waals surface area contributed by atoms with E-state index in [1.807, 2.05) is 6.92 Å². The van der Waals surface area contributed by atoms with Crippen LogP contribution in [-0.2, 0) is 14.3 Å². The first kappa shape index (κ1) is 20.5. The van der Waals surface area contributed by atoms with Gasteiger partial charge in [0.1, 0.15) is 18.5 Å². The largest absolute Gasteiger partial charge is 0.506 e. The van der Waals surface area contributed by atoms with Crippen LogP contribution in [-0.4, -0.2) is 82.6 Å². The van der Waals surface area contributed by atoms with E-state index in [9.17, 15) is 19.8 Å². The van der Waals surface area contributed by atoms with Crippen LogP contribution in [0.25, 0.3) is 0 Å². The van der Waals surface area contributed by atoms with Crippen molar-refractivity contribution >= 4 is 11.8 Å². The van der Waals surface area contributed by atoms with Crippen molar-refractivity contribution < 1.29 is 29.3 Å². The van der Waals surface area contributed by atoms with Gasteiger partial charge in [-0.25, -0.2) is 0 Å². The first-order chi connectivity index (χ1) is 13.3. The van der Waals surface area contributed by atoms with Crippen LogP contribution in [0, 0.1) is 0 Å². The Kier molecular flexibility index (Phi) is 5.87. The van der Waals surface area contributed by atoms with Gasteiger partial charge in [-0.2, -0.15) is 0 Å². The molecule has 2 aliphatic heterocycles. The Balaban J connectivity index is 1.68. The molecule has 154 valence electrons. The predicted molar refractivity (Wildman–Crippen MR) is 98.8 cm³/mol. The summed E-state index contributed by atoms with van der Waals surface area (Å²) in [5, 5.41) is 23.5. The number of carbonyl (C=O) groups is 2. The SMILES string of the molecule is COCC(=O)N[C@]1(C)CCOC2(CCN(C(=O)c3cncc(O)c3)CC2)[C@H]1O. The van der Waals surface area contributed by atoms with Gasteiger partial charge in [-0.3, -0.25) is 14.6 Å². The van der Waals surface area contributed by atoms with E-state index in [1.54, 1.807) is 4.90 Å². The summed E-state index contributed by atoms with van der Waals surface area (Å²) in [6, 6.07) is 1.38. The Labute approximate surface area is 163 Å². The number of pyridine rings is 1. The van der Waals surface area contributed by atoms with Crippen LogP contribution in [0.15, 0.2) is 18.5 Å². The number of likely N-dealkylation sites (tertiary alicyclic amines) is 1. The maximum Gasteiger partial charge on any atom is 0.255 e. The summed E-state index contributed by atoms with van der Waals surface area (Å²) in [6.07, 6.45) is 3.16. The zero-order valence-corrected chi connectivity index (χ0v) is 16.2. The van der Waals surface area contributed by atoms with Crippen LogP contribution in [0.4, 0.5) is 0 Å². The molecule has 0 aliphatic carbocycles. The van der Waals surface area contributed by atoms with Gasteiger partial charge in [-0.1, -0.05) is 0 Å². The van der Waals surface area contributed by atoms with E-state index < -0.39 is 17.2 Å². The van der Waals surface area contributed by atoms with Crippen LogP contribution >= 0.6 is 0 Å². The van der Waals surface area contributed by atoms with Gasteiger partial charge in [-0.05, 0) is 32.3 Å². The number of hydrogen-bond donors (Lipinski definition) is 3. The molecule has 0 unspecified atom stereocenters. The third-order valence-electron chi connectivity index (χ3n) is 5.68. The molecule has 2 aliphatic rings. The number of amides is 2. The molecule has 2 atom stereocenters. The van der Waals surface area contributed by atoms with Crippen LogP contribution in [0.2, 0.25) is 0 Å². The van der Waals surface area contributed by atoms with Crippen LogP contribution in [0.5, 0.6) is 5.75 Å². The molecule has 0 aromatic carbocycles.